The average Bonchev–Trinajstić information content (AvgIpc) is 3.53. The van der Waals surface area contributed by atoms with Crippen LogP contribution >= 0.6 is 11.3 Å². The number of carbonyl (C=O) groups is 1. The number of hydrogen-bond donors (Lipinski definition) is 0. The van der Waals surface area contributed by atoms with E-state index in [-0.39, 0.29) is 11.8 Å². The Bertz CT molecular complexity index is 1260. The van der Waals surface area contributed by atoms with Gasteiger partial charge in [-0.05, 0) is 49.6 Å². The highest BCUT2D eigenvalue weighted by molar-refractivity contribution is 7.13. The Morgan fingerprint density at radius 2 is 2.00 bits per heavy atom. The quantitative estimate of drug-likeness (QED) is 0.386. The first kappa shape index (κ1) is 22.3. The summed E-state index contributed by atoms with van der Waals surface area (Å²) in [6, 6.07) is 11.7. The molecule has 1 saturated heterocycles. The van der Waals surface area contributed by atoms with Gasteiger partial charge in [-0.15, -0.1) is 11.3 Å². The Morgan fingerprint density at radius 3 is 2.71 bits per heavy atom. The molecule has 174 valence electrons. The van der Waals surface area contributed by atoms with E-state index in [1.54, 1.807) is 30.8 Å². The average molecular weight is 475 g/mol. The highest BCUT2D eigenvalue weighted by Gasteiger charge is 2.28. The third-order valence-electron chi connectivity index (χ3n) is 6.16. The maximum atomic E-state index is 13.2. The highest BCUT2D eigenvalue weighted by Crippen LogP contribution is 2.29. The number of piperidine rings is 1. The zero-order valence-electron chi connectivity index (χ0n) is 19.2. The van der Waals surface area contributed by atoms with Gasteiger partial charge in [-0.2, -0.15) is 0 Å². The monoisotopic (exact) mass is 474 g/mol. The van der Waals surface area contributed by atoms with Gasteiger partial charge in [-0.1, -0.05) is 12.1 Å². The first-order valence-corrected chi connectivity index (χ1v) is 12.2. The fourth-order valence-electron chi connectivity index (χ4n) is 4.29. The summed E-state index contributed by atoms with van der Waals surface area (Å²) >= 11 is 1.55. The van der Waals surface area contributed by atoms with Crippen molar-refractivity contribution >= 4 is 17.2 Å². The van der Waals surface area contributed by atoms with E-state index in [1.807, 2.05) is 53.7 Å². The predicted molar refractivity (Wildman–Crippen MR) is 130 cm³/mol. The van der Waals surface area contributed by atoms with Crippen LogP contribution < -0.4 is 4.74 Å². The van der Waals surface area contributed by atoms with Crippen LogP contribution in [0.4, 0.5) is 0 Å². The molecule has 5 rings (SSSR count). The molecule has 0 N–H and O–H groups in total. The van der Waals surface area contributed by atoms with Crippen LogP contribution in [0.25, 0.3) is 10.6 Å². The Balaban J connectivity index is 1.24. The number of nitrogens with zero attached hydrogens (tertiary/aromatic N) is 4. The smallest absolute Gasteiger partial charge is 0.255 e. The lowest BCUT2D eigenvalue weighted by Crippen LogP contribution is -2.39. The Kier molecular flexibility index (Phi) is 6.40. The molecule has 0 aliphatic carbocycles. The summed E-state index contributed by atoms with van der Waals surface area (Å²) in [7, 11) is 1.66. The summed E-state index contributed by atoms with van der Waals surface area (Å²) in [5, 5.41) is 0. The zero-order chi connectivity index (χ0) is 23.5. The molecule has 4 aromatic rings. The highest BCUT2D eigenvalue weighted by atomic mass is 32.1. The van der Waals surface area contributed by atoms with Gasteiger partial charge in [0.1, 0.15) is 11.5 Å². The largest absolute Gasteiger partial charge is 0.497 e. The topological polar surface area (TPSA) is 81.4 Å². The Hall–Kier alpha value is -3.52. The number of benzene rings is 1. The molecule has 4 heterocycles. The molecule has 1 aliphatic heterocycles. The first-order valence-electron chi connectivity index (χ1n) is 11.3. The molecule has 0 bridgehead atoms. The summed E-state index contributed by atoms with van der Waals surface area (Å²) in [6.45, 7) is 3.28. The molecule has 1 amide bonds. The van der Waals surface area contributed by atoms with E-state index in [0.29, 0.717) is 24.4 Å². The van der Waals surface area contributed by atoms with E-state index in [0.717, 1.165) is 52.7 Å². The molecule has 34 heavy (non-hydrogen) atoms. The van der Waals surface area contributed by atoms with Crippen molar-refractivity contribution in [3.05, 3.63) is 82.8 Å². The number of aryl methyl sites for hydroxylation is 1. The first-order chi connectivity index (χ1) is 16.6. The van der Waals surface area contributed by atoms with Gasteiger partial charge in [0.25, 0.3) is 5.91 Å². The molecule has 8 heteroatoms. The number of oxazole rings is 1. The fourth-order valence-corrected chi connectivity index (χ4v) is 5.07. The van der Waals surface area contributed by atoms with E-state index in [1.165, 1.54) is 0 Å². The number of thiazole rings is 1. The third kappa shape index (κ3) is 4.72. The van der Waals surface area contributed by atoms with Crippen LogP contribution in [0.1, 0.15) is 52.0 Å². The van der Waals surface area contributed by atoms with Crippen molar-refractivity contribution in [2.45, 2.75) is 32.1 Å². The molecule has 1 unspecified atom stereocenters. The van der Waals surface area contributed by atoms with Gasteiger partial charge in [0, 0.05) is 25.7 Å². The molecular weight excluding hydrogens is 448 g/mol. The second-order valence-corrected chi connectivity index (χ2v) is 9.33. The number of ether oxygens (including phenoxy) is 1. The van der Waals surface area contributed by atoms with E-state index in [9.17, 15) is 4.79 Å². The number of likely N-dealkylation sites (tertiary alicyclic amines) is 1. The maximum absolute atomic E-state index is 13.2. The van der Waals surface area contributed by atoms with E-state index >= 15 is 0 Å². The number of aromatic nitrogens is 3. The molecule has 3 aromatic heterocycles. The van der Waals surface area contributed by atoms with E-state index in [2.05, 4.69) is 15.0 Å². The van der Waals surface area contributed by atoms with Crippen LogP contribution in [0.2, 0.25) is 0 Å². The molecule has 0 saturated carbocycles. The van der Waals surface area contributed by atoms with E-state index in [4.69, 9.17) is 9.15 Å². The summed E-state index contributed by atoms with van der Waals surface area (Å²) < 4.78 is 11.3. The van der Waals surface area contributed by atoms with E-state index < -0.39 is 0 Å². The summed E-state index contributed by atoms with van der Waals surface area (Å²) in [4.78, 5) is 29.4. The van der Waals surface area contributed by atoms with Gasteiger partial charge >= 0.3 is 0 Å². The van der Waals surface area contributed by atoms with Gasteiger partial charge in [0.15, 0.2) is 5.89 Å². The van der Waals surface area contributed by atoms with Crippen molar-refractivity contribution in [2.75, 3.05) is 20.2 Å². The minimum absolute atomic E-state index is 0.00483. The van der Waals surface area contributed by atoms with Crippen LogP contribution in [-0.4, -0.2) is 46.0 Å². The minimum Gasteiger partial charge on any atom is -0.497 e. The molecule has 1 fully saturated rings. The molecule has 1 aliphatic rings. The van der Waals surface area contributed by atoms with Gasteiger partial charge < -0.3 is 14.1 Å². The number of methoxy groups -OCH3 is 1. The predicted octanol–water partition coefficient (Wildman–Crippen LogP) is 5.12. The number of hydrogen-bond acceptors (Lipinski definition) is 7. The van der Waals surface area contributed by atoms with Gasteiger partial charge in [-0.25, -0.2) is 9.97 Å². The summed E-state index contributed by atoms with van der Waals surface area (Å²) in [6.07, 6.45) is 6.00. The molecule has 1 atom stereocenters. The van der Waals surface area contributed by atoms with Crippen LogP contribution in [0, 0.1) is 6.92 Å². The lowest BCUT2D eigenvalue weighted by Gasteiger charge is -2.31. The van der Waals surface area contributed by atoms with Crippen LogP contribution in [0.5, 0.6) is 5.75 Å². The molecule has 1 aromatic carbocycles. The Labute approximate surface area is 202 Å². The summed E-state index contributed by atoms with van der Waals surface area (Å²) in [5.74, 6) is 2.44. The van der Waals surface area contributed by atoms with Gasteiger partial charge in [0.2, 0.25) is 0 Å². The maximum Gasteiger partial charge on any atom is 0.255 e. The number of rotatable bonds is 6. The molecule has 7 nitrogen and oxygen atoms in total. The molecule has 0 spiro atoms. The second-order valence-electron chi connectivity index (χ2n) is 8.48. The number of amides is 1. The van der Waals surface area contributed by atoms with Crippen LogP contribution in [-0.2, 0) is 6.42 Å². The molecule has 0 radical (unpaired) electrons. The summed E-state index contributed by atoms with van der Waals surface area (Å²) in [5.41, 5.74) is 5.34. The van der Waals surface area contributed by atoms with Crippen molar-refractivity contribution in [1.29, 1.82) is 0 Å². The second kappa shape index (κ2) is 9.77. The van der Waals surface area contributed by atoms with Crippen molar-refractivity contribution in [2.24, 2.45) is 0 Å². The fraction of sp³-hybridized carbons (Fsp3) is 0.308. The number of carbonyl (C=O) groups excluding carboxylic acids is 1. The SMILES string of the molecule is COc1ccc(Cc2cnc(C3CCCN(C(=O)c4ccc(-c5scnc5C)nc4)C3)o2)cc1. The normalized spacial score (nSPS) is 15.9. The van der Waals surface area contributed by atoms with Crippen molar-refractivity contribution in [3.63, 3.8) is 0 Å². The lowest BCUT2D eigenvalue weighted by atomic mass is 9.97. The van der Waals surface area contributed by atoms with Gasteiger partial charge in [-0.3, -0.25) is 9.78 Å². The lowest BCUT2D eigenvalue weighted by molar-refractivity contribution is 0.0697. The van der Waals surface area contributed by atoms with Crippen molar-refractivity contribution in [1.82, 2.24) is 19.9 Å². The minimum atomic E-state index is -0.00483. The zero-order valence-corrected chi connectivity index (χ0v) is 20.0. The van der Waals surface area contributed by atoms with Crippen molar-refractivity contribution in [3.8, 4) is 16.3 Å². The van der Waals surface area contributed by atoms with Crippen molar-refractivity contribution < 1.29 is 13.9 Å². The number of pyridine rings is 1. The Morgan fingerprint density at radius 1 is 1.15 bits per heavy atom. The van der Waals surface area contributed by atoms with Crippen LogP contribution in [0.15, 0.2) is 58.7 Å². The van der Waals surface area contributed by atoms with Crippen LogP contribution in [0.3, 0.4) is 0 Å². The third-order valence-corrected chi connectivity index (χ3v) is 7.11. The standard InChI is InChI=1S/C26H26N4O3S/c1-17-24(34-16-29-17)23-10-7-19(13-27-23)26(31)30-11-3-4-20(15-30)25-28-14-22(33-25)12-18-5-8-21(32-2)9-6-18/h5-10,13-14,16,20H,3-4,11-12,15H2,1-2H3. The molecular formula is C26H26N4O3S. The van der Waals surface area contributed by atoms with Gasteiger partial charge in [0.05, 0.1) is 46.6 Å².